The Morgan fingerprint density at radius 1 is 0.415 bits per heavy atom. The molecule has 0 fully saturated rings. The predicted octanol–water partition coefficient (Wildman–Crippen LogP) is 10.9. The summed E-state index contributed by atoms with van der Waals surface area (Å²) < 4.78 is 0. The van der Waals surface area contributed by atoms with Gasteiger partial charge >= 0.3 is 0 Å². The van der Waals surface area contributed by atoms with E-state index in [1.807, 2.05) is 6.07 Å². The van der Waals surface area contributed by atoms with Crippen molar-refractivity contribution in [2.24, 2.45) is 0 Å². The van der Waals surface area contributed by atoms with Gasteiger partial charge in [0.1, 0.15) is 0 Å². The molecule has 0 N–H and O–H groups in total. The predicted molar refractivity (Wildman–Crippen MR) is 178 cm³/mol. The van der Waals surface area contributed by atoms with Crippen LogP contribution in [0.4, 0.5) is 17.1 Å². The Kier molecular flexibility index (Phi) is 8.34. The molecule has 1 nitrogen and oxygen atoms in total. The zero-order chi connectivity index (χ0) is 27.7. The van der Waals surface area contributed by atoms with E-state index in [1.54, 1.807) is 0 Å². The van der Waals surface area contributed by atoms with Crippen molar-refractivity contribution in [3.8, 4) is 0 Å². The molecule has 0 aliphatic heterocycles. The molecule has 1 aliphatic rings. The summed E-state index contributed by atoms with van der Waals surface area (Å²) in [6, 6.07) is 45.5. The summed E-state index contributed by atoms with van der Waals surface area (Å²) in [5.41, 5.74) is 11.4. The van der Waals surface area contributed by atoms with Crippen LogP contribution in [0, 0.1) is 0 Å². The Morgan fingerprint density at radius 3 is 1.49 bits per heavy atom. The van der Waals surface area contributed by atoms with Gasteiger partial charge in [-0.2, -0.15) is 0 Å². The van der Waals surface area contributed by atoms with Gasteiger partial charge in [0.15, 0.2) is 0 Å². The van der Waals surface area contributed by atoms with Crippen LogP contribution < -0.4 is 4.90 Å². The number of hydrogen-bond acceptors (Lipinski definition) is 1. The van der Waals surface area contributed by atoms with Crippen molar-refractivity contribution in [2.45, 2.75) is 25.7 Å². The molecule has 0 saturated carbocycles. The van der Waals surface area contributed by atoms with Crippen molar-refractivity contribution in [3.05, 3.63) is 173 Å². The molecule has 1 heteroatoms. The lowest BCUT2D eigenvalue weighted by molar-refractivity contribution is 0.686. The molecular formula is C40H35N. The van der Waals surface area contributed by atoms with Crippen molar-refractivity contribution in [2.75, 3.05) is 4.90 Å². The highest BCUT2D eigenvalue weighted by Gasteiger charge is 2.20. The summed E-state index contributed by atoms with van der Waals surface area (Å²) in [5.74, 6) is 0. The second kappa shape index (κ2) is 13.0. The average Bonchev–Trinajstić information content (AvgIpc) is 3.05. The summed E-state index contributed by atoms with van der Waals surface area (Å²) in [6.07, 6.45) is 17.7. The van der Waals surface area contributed by atoms with Crippen molar-refractivity contribution in [1.29, 1.82) is 0 Å². The van der Waals surface area contributed by atoms with Gasteiger partial charge in [-0.05, 0) is 89.4 Å². The summed E-state index contributed by atoms with van der Waals surface area (Å²) in [5, 5.41) is 0. The van der Waals surface area contributed by atoms with Crippen molar-refractivity contribution in [1.82, 2.24) is 0 Å². The van der Waals surface area contributed by atoms with Crippen LogP contribution in [0.5, 0.6) is 0 Å². The largest absolute Gasteiger partial charge is 0.310 e. The molecule has 5 aromatic carbocycles. The lowest BCUT2D eigenvalue weighted by Crippen LogP contribution is -2.15. The average molecular weight is 530 g/mol. The number of hydrogen-bond donors (Lipinski definition) is 0. The maximum Gasteiger partial charge on any atom is 0.0496 e. The Morgan fingerprint density at radius 2 is 0.902 bits per heavy atom. The summed E-state index contributed by atoms with van der Waals surface area (Å²) >= 11 is 0. The van der Waals surface area contributed by atoms with E-state index >= 15 is 0 Å². The summed E-state index contributed by atoms with van der Waals surface area (Å²) in [7, 11) is 0. The number of anilines is 3. The fourth-order valence-electron chi connectivity index (χ4n) is 5.52. The second-order valence-corrected chi connectivity index (χ2v) is 10.5. The Hall–Kier alpha value is -4.88. The molecular weight excluding hydrogens is 494 g/mol. The molecule has 0 amide bonds. The number of allylic oxidation sites excluding steroid dienone is 2. The molecule has 41 heavy (non-hydrogen) atoms. The van der Waals surface area contributed by atoms with Crippen molar-refractivity contribution >= 4 is 41.4 Å². The highest BCUT2D eigenvalue weighted by molar-refractivity contribution is 5.81. The minimum atomic E-state index is 1.13. The van der Waals surface area contributed by atoms with E-state index in [4.69, 9.17) is 0 Å². The molecule has 6 rings (SSSR count). The number of aryl methyl sites for hydroxylation is 1. The van der Waals surface area contributed by atoms with Gasteiger partial charge in [-0.3, -0.25) is 0 Å². The first-order valence-electron chi connectivity index (χ1n) is 14.6. The smallest absolute Gasteiger partial charge is 0.0496 e. The third-order valence-corrected chi connectivity index (χ3v) is 7.67. The van der Waals surface area contributed by atoms with Gasteiger partial charge < -0.3 is 4.90 Å². The maximum atomic E-state index is 2.43. The summed E-state index contributed by atoms with van der Waals surface area (Å²) in [4.78, 5) is 2.43. The van der Waals surface area contributed by atoms with Crippen LogP contribution >= 0.6 is 0 Å². The van der Waals surface area contributed by atoms with E-state index in [-0.39, 0.29) is 0 Å². The Labute approximate surface area is 244 Å². The molecule has 1 aliphatic carbocycles. The molecule has 0 aromatic heterocycles. The maximum absolute atomic E-state index is 2.43. The molecule has 200 valence electrons. The summed E-state index contributed by atoms with van der Waals surface area (Å²) in [6.45, 7) is 0. The Bertz CT molecular complexity index is 1640. The van der Waals surface area contributed by atoms with E-state index in [0.29, 0.717) is 0 Å². The first-order valence-corrected chi connectivity index (χ1v) is 14.6. The SMILES string of the molecule is C(/C=C/c1ccc(N(c2ccc(/C=C/c3ccccc3)cc2)c2cccc3c2CCCC3)cc1)=C\c1ccccc1. The van der Waals surface area contributed by atoms with Crippen LogP contribution in [0.3, 0.4) is 0 Å². The molecule has 0 radical (unpaired) electrons. The van der Waals surface area contributed by atoms with Crippen LogP contribution in [-0.2, 0) is 12.8 Å². The van der Waals surface area contributed by atoms with Crippen LogP contribution in [-0.4, -0.2) is 0 Å². The van der Waals surface area contributed by atoms with Gasteiger partial charge in [0, 0.05) is 17.1 Å². The molecule has 0 bridgehead atoms. The topological polar surface area (TPSA) is 3.24 Å². The minimum Gasteiger partial charge on any atom is -0.310 e. The van der Waals surface area contributed by atoms with Crippen LogP contribution in [0.15, 0.2) is 140 Å². The molecule has 5 aromatic rings. The zero-order valence-corrected chi connectivity index (χ0v) is 23.4. The van der Waals surface area contributed by atoms with Crippen LogP contribution in [0.2, 0.25) is 0 Å². The van der Waals surface area contributed by atoms with Crippen molar-refractivity contribution < 1.29 is 0 Å². The number of benzene rings is 5. The second-order valence-electron chi connectivity index (χ2n) is 10.5. The standard InChI is InChI=1S/C40H35N/c1-3-12-32(13-4-1)16-7-8-17-34-24-28-37(29-25-34)41(40-21-11-19-36-18-9-10-20-39(36)40)38-30-26-35(27-31-38)23-22-33-14-5-2-6-15-33/h1-8,11-17,19,21-31H,9-10,18,20H2/b16-7+,17-8+,23-22+. The van der Waals surface area contributed by atoms with Crippen LogP contribution in [0.1, 0.15) is 46.2 Å². The fraction of sp³-hybridized carbons (Fsp3) is 0.100. The van der Waals surface area contributed by atoms with E-state index in [0.717, 1.165) is 6.42 Å². The zero-order valence-electron chi connectivity index (χ0n) is 23.4. The quantitative estimate of drug-likeness (QED) is 0.143. The highest BCUT2D eigenvalue weighted by atomic mass is 15.1. The van der Waals surface area contributed by atoms with Gasteiger partial charge in [0.05, 0.1) is 0 Å². The lowest BCUT2D eigenvalue weighted by Gasteiger charge is -2.30. The van der Waals surface area contributed by atoms with Gasteiger partial charge in [-0.1, -0.05) is 134 Å². The fourth-order valence-corrected chi connectivity index (χ4v) is 5.52. The third-order valence-electron chi connectivity index (χ3n) is 7.67. The minimum absolute atomic E-state index is 1.13. The van der Waals surface area contributed by atoms with Gasteiger partial charge in [0.25, 0.3) is 0 Å². The number of fused-ring (bicyclic) bond motifs is 1. The van der Waals surface area contributed by atoms with E-state index in [9.17, 15) is 0 Å². The van der Waals surface area contributed by atoms with Gasteiger partial charge in [-0.25, -0.2) is 0 Å². The molecule has 0 unspecified atom stereocenters. The molecule has 0 spiro atoms. The third kappa shape index (κ3) is 6.65. The van der Waals surface area contributed by atoms with Gasteiger partial charge in [-0.15, -0.1) is 0 Å². The number of rotatable bonds is 8. The van der Waals surface area contributed by atoms with Crippen molar-refractivity contribution in [3.63, 3.8) is 0 Å². The molecule has 0 heterocycles. The number of nitrogens with zero attached hydrogens (tertiary/aromatic N) is 1. The first-order chi connectivity index (χ1) is 20.3. The van der Waals surface area contributed by atoms with E-state index in [1.165, 1.54) is 69.7 Å². The first kappa shape index (κ1) is 26.3. The molecule has 0 atom stereocenters. The normalized spacial score (nSPS) is 13.2. The highest BCUT2D eigenvalue weighted by Crippen LogP contribution is 2.40. The van der Waals surface area contributed by atoms with Gasteiger partial charge in [0.2, 0.25) is 0 Å². The Balaban J connectivity index is 1.29. The molecule has 0 saturated heterocycles. The van der Waals surface area contributed by atoms with E-state index in [2.05, 4.69) is 163 Å². The monoisotopic (exact) mass is 529 g/mol. The van der Waals surface area contributed by atoms with E-state index < -0.39 is 0 Å². The van der Waals surface area contributed by atoms with Crippen LogP contribution in [0.25, 0.3) is 24.3 Å². The lowest BCUT2D eigenvalue weighted by atomic mass is 9.90.